The van der Waals surface area contributed by atoms with Gasteiger partial charge in [-0.3, -0.25) is 9.48 Å². The molecule has 7 nitrogen and oxygen atoms in total. The van der Waals surface area contributed by atoms with E-state index in [0.717, 1.165) is 5.56 Å². The van der Waals surface area contributed by atoms with Crippen LogP contribution in [0, 0.1) is 0 Å². The Hall–Kier alpha value is -2.68. The number of carbonyl (C=O) groups excluding carboxylic acids is 1. The number of amides is 1. The van der Waals surface area contributed by atoms with Gasteiger partial charge in [0, 0.05) is 24.1 Å². The van der Waals surface area contributed by atoms with Gasteiger partial charge in [-0.15, -0.1) is 0 Å². The fourth-order valence-electron chi connectivity index (χ4n) is 2.76. The number of benzene rings is 2. The SMILES string of the molecule is CC(C)NS(=O)(=O)c1ccc(Cl)c(C(=O)Nc2ccccc2Cn2cccn2)c1. The maximum absolute atomic E-state index is 12.9. The van der Waals surface area contributed by atoms with Crippen molar-refractivity contribution in [2.75, 3.05) is 5.32 Å². The third-order valence-electron chi connectivity index (χ3n) is 4.04. The Bertz CT molecular complexity index is 1110. The van der Waals surface area contributed by atoms with Crippen molar-refractivity contribution in [3.63, 3.8) is 0 Å². The van der Waals surface area contributed by atoms with Crippen LogP contribution in [0.2, 0.25) is 5.02 Å². The van der Waals surface area contributed by atoms with Crippen LogP contribution in [0.15, 0.2) is 65.8 Å². The molecule has 1 aromatic heterocycles. The molecular weight excluding hydrogens is 412 g/mol. The smallest absolute Gasteiger partial charge is 0.257 e. The molecular formula is C20H21ClN4O3S. The maximum atomic E-state index is 12.9. The Morgan fingerprint density at radius 3 is 2.62 bits per heavy atom. The second-order valence-electron chi connectivity index (χ2n) is 6.73. The first-order valence-corrected chi connectivity index (χ1v) is 10.8. The van der Waals surface area contributed by atoms with Crippen LogP contribution < -0.4 is 10.0 Å². The highest BCUT2D eigenvalue weighted by atomic mass is 35.5. The maximum Gasteiger partial charge on any atom is 0.257 e. The van der Waals surface area contributed by atoms with E-state index in [0.29, 0.717) is 12.2 Å². The highest BCUT2D eigenvalue weighted by Gasteiger charge is 2.20. The van der Waals surface area contributed by atoms with Crippen molar-refractivity contribution in [2.45, 2.75) is 31.3 Å². The largest absolute Gasteiger partial charge is 0.322 e. The van der Waals surface area contributed by atoms with Gasteiger partial charge in [0.1, 0.15) is 0 Å². The summed E-state index contributed by atoms with van der Waals surface area (Å²) in [6.45, 7) is 3.92. The van der Waals surface area contributed by atoms with Crippen LogP contribution in [0.4, 0.5) is 5.69 Å². The lowest BCUT2D eigenvalue weighted by Crippen LogP contribution is -2.30. The molecule has 0 aliphatic rings. The van der Waals surface area contributed by atoms with Gasteiger partial charge >= 0.3 is 0 Å². The molecule has 0 aliphatic heterocycles. The zero-order chi connectivity index (χ0) is 21.0. The van der Waals surface area contributed by atoms with Crippen LogP contribution in [-0.4, -0.2) is 30.1 Å². The second kappa shape index (κ2) is 8.77. The molecule has 9 heteroatoms. The minimum absolute atomic E-state index is 0.0226. The summed E-state index contributed by atoms with van der Waals surface area (Å²) in [5.74, 6) is -0.496. The fraction of sp³-hybridized carbons (Fsp3) is 0.200. The number of halogens is 1. The molecule has 29 heavy (non-hydrogen) atoms. The number of carbonyl (C=O) groups is 1. The van der Waals surface area contributed by atoms with Crippen molar-refractivity contribution in [2.24, 2.45) is 0 Å². The van der Waals surface area contributed by atoms with Crippen molar-refractivity contribution in [1.29, 1.82) is 0 Å². The van der Waals surface area contributed by atoms with Crippen molar-refractivity contribution in [3.05, 3.63) is 77.1 Å². The van der Waals surface area contributed by atoms with Gasteiger partial charge in [-0.25, -0.2) is 13.1 Å². The van der Waals surface area contributed by atoms with Crippen LogP contribution in [0.3, 0.4) is 0 Å². The molecule has 2 aromatic carbocycles. The van der Waals surface area contributed by atoms with E-state index >= 15 is 0 Å². The lowest BCUT2D eigenvalue weighted by atomic mass is 10.1. The minimum atomic E-state index is -3.75. The molecule has 1 amide bonds. The van der Waals surface area contributed by atoms with Crippen LogP contribution in [0.1, 0.15) is 29.8 Å². The summed E-state index contributed by atoms with van der Waals surface area (Å²) in [7, 11) is -3.75. The Balaban J connectivity index is 1.88. The third kappa shape index (κ3) is 5.23. The zero-order valence-corrected chi connectivity index (χ0v) is 17.5. The van der Waals surface area contributed by atoms with Crippen LogP contribution in [0.5, 0.6) is 0 Å². The number of nitrogens with one attached hydrogen (secondary N) is 2. The molecule has 0 bridgehead atoms. The van der Waals surface area contributed by atoms with Gasteiger partial charge in [0.15, 0.2) is 0 Å². The summed E-state index contributed by atoms with van der Waals surface area (Å²) >= 11 is 6.18. The average Bonchev–Trinajstić information content (AvgIpc) is 3.15. The molecule has 0 fully saturated rings. The highest BCUT2D eigenvalue weighted by Crippen LogP contribution is 2.23. The van der Waals surface area contributed by atoms with E-state index in [4.69, 9.17) is 11.6 Å². The van der Waals surface area contributed by atoms with Gasteiger partial charge < -0.3 is 5.32 Å². The van der Waals surface area contributed by atoms with E-state index < -0.39 is 15.9 Å². The molecule has 2 N–H and O–H groups in total. The van der Waals surface area contributed by atoms with Crippen LogP contribution in [0.25, 0.3) is 0 Å². The summed E-state index contributed by atoms with van der Waals surface area (Å²) in [5.41, 5.74) is 1.52. The molecule has 0 spiro atoms. The number of rotatable bonds is 7. The molecule has 0 unspecified atom stereocenters. The normalized spacial score (nSPS) is 11.6. The first-order chi connectivity index (χ1) is 13.8. The standard InChI is InChI=1S/C20H21ClN4O3S/c1-14(2)24-29(27,28)16-8-9-18(21)17(12-16)20(26)23-19-7-4-3-6-15(19)13-25-11-5-10-22-25/h3-12,14,24H,13H2,1-2H3,(H,23,26). The van der Waals surface area contributed by atoms with Gasteiger partial charge in [-0.2, -0.15) is 5.10 Å². The van der Waals surface area contributed by atoms with Gasteiger partial charge in [-0.1, -0.05) is 29.8 Å². The van der Waals surface area contributed by atoms with Gasteiger partial charge in [0.2, 0.25) is 10.0 Å². The average molecular weight is 433 g/mol. The molecule has 0 atom stereocenters. The van der Waals surface area contributed by atoms with E-state index in [1.807, 2.05) is 24.4 Å². The van der Waals surface area contributed by atoms with E-state index in [1.54, 1.807) is 36.9 Å². The number of hydrogen-bond acceptors (Lipinski definition) is 4. The summed E-state index contributed by atoms with van der Waals surface area (Å²) in [6, 6.07) is 12.9. The van der Waals surface area contributed by atoms with Crippen molar-refractivity contribution in [3.8, 4) is 0 Å². The number of aromatic nitrogens is 2. The van der Waals surface area contributed by atoms with Crippen molar-refractivity contribution < 1.29 is 13.2 Å². The first kappa shape index (κ1) is 21.0. The Morgan fingerprint density at radius 2 is 1.93 bits per heavy atom. The molecule has 3 rings (SSSR count). The first-order valence-electron chi connectivity index (χ1n) is 8.95. The Kier molecular flexibility index (Phi) is 6.36. The van der Waals surface area contributed by atoms with Gasteiger partial charge in [-0.05, 0) is 49.7 Å². The summed E-state index contributed by atoms with van der Waals surface area (Å²) < 4.78 is 29.1. The number of hydrogen-bond donors (Lipinski definition) is 2. The van der Waals surface area contributed by atoms with E-state index in [2.05, 4.69) is 15.1 Å². The Labute approximate surface area is 174 Å². The Morgan fingerprint density at radius 1 is 1.17 bits per heavy atom. The lowest BCUT2D eigenvalue weighted by molar-refractivity contribution is 0.102. The monoisotopic (exact) mass is 432 g/mol. The molecule has 152 valence electrons. The van der Waals surface area contributed by atoms with E-state index in [9.17, 15) is 13.2 Å². The fourth-order valence-corrected chi connectivity index (χ4v) is 4.24. The molecule has 0 saturated heterocycles. The lowest BCUT2D eigenvalue weighted by Gasteiger charge is -2.14. The predicted octanol–water partition coefficient (Wildman–Crippen LogP) is 3.52. The molecule has 0 aliphatic carbocycles. The summed E-state index contributed by atoms with van der Waals surface area (Å²) in [4.78, 5) is 12.8. The number of anilines is 1. The van der Waals surface area contributed by atoms with E-state index in [-0.39, 0.29) is 21.5 Å². The minimum Gasteiger partial charge on any atom is -0.322 e. The topological polar surface area (TPSA) is 93.1 Å². The van der Waals surface area contributed by atoms with Crippen molar-refractivity contribution >= 4 is 33.2 Å². The third-order valence-corrected chi connectivity index (χ3v) is 6.03. The number of nitrogens with zero attached hydrogens (tertiary/aromatic N) is 2. The molecule has 0 radical (unpaired) electrons. The van der Waals surface area contributed by atoms with Crippen LogP contribution >= 0.6 is 11.6 Å². The summed E-state index contributed by atoms with van der Waals surface area (Å²) in [6.07, 6.45) is 3.50. The van der Waals surface area contributed by atoms with Crippen LogP contribution in [-0.2, 0) is 16.6 Å². The predicted molar refractivity (Wildman–Crippen MR) is 113 cm³/mol. The van der Waals surface area contributed by atoms with Gasteiger partial charge in [0.25, 0.3) is 5.91 Å². The molecule has 1 heterocycles. The number of para-hydroxylation sites is 1. The highest BCUT2D eigenvalue weighted by molar-refractivity contribution is 7.89. The molecule has 3 aromatic rings. The quantitative estimate of drug-likeness (QED) is 0.597. The number of sulfonamides is 1. The second-order valence-corrected chi connectivity index (χ2v) is 8.85. The van der Waals surface area contributed by atoms with Crippen molar-refractivity contribution in [1.82, 2.24) is 14.5 Å². The summed E-state index contributed by atoms with van der Waals surface area (Å²) in [5, 5.41) is 7.16. The van der Waals surface area contributed by atoms with Gasteiger partial charge in [0.05, 0.1) is 22.0 Å². The van der Waals surface area contributed by atoms with E-state index in [1.165, 1.54) is 18.2 Å². The molecule has 0 saturated carbocycles. The zero-order valence-electron chi connectivity index (χ0n) is 16.0.